The first-order valence-electron chi connectivity index (χ1n) is 8.95. The van der Waals surface area contributed by atoms with Gasteiger partial charge in [0.2, 0.25) is 5.91 Å². The van der Waals surface area contributed by atoms with Crippen LogP contribution in [0.4, 0.5) is 0 Å². The number of carbonyl (C=O) groups excluding carboxylic acids is 2. The first-order chi connectivity index (χ1) is 12.4. The number of esters is 1. The van der Waals surface area contributed by atoms with Gasteiger partial charge < -0.3 is 4.74 Å². The Balaban J connectivity index is 2.10. The first kappa shape index (κ1) is 18.7. The quantitative estimate of drug-likeness (QED) is 0.749. The van der Waals surface area contributed by atoms with Gasteiger partial charge in [0.1, 0.15) is 0 Å². The molecule has 3 rings (SSSR count). The summed E-state index contributed by atoms with van der Waals surface area (Å²) in [6.45, 7) is 8.15. The molecule has 0 unspecified atom stereocenters. The fraction of sp³-hybridized carbons (Fsp3) is 0.450. The Morgan fingerprint density at radius 3 is 2.65 bits per heavy atom. The summed E-state index contributed by atoms with van der Waals surface area (Å²) in [5.74, 6) is 0.722. The molecule has 0 bridgehead atoms. The van der Waals surface area contributed by atoms with Crippen LogP contribution in [0.2, 0.25) is 0 Å². The Kier molecular flexibility index (Phi) is 5.51. The van der Waals surface area contributed by atoms with Crippen LogP contribution in [0, 0.1) is 0 Å². The third kappa shape index (κ3) is 3.43. The summed E-state index contributed by atoms with van der Waals surface area (Å²) in [5, 5.41) is 0.671. The Bertz CT molecular complexity index is 781. The van der Waals surface area contributed by atoms with Gasteiger partial charge in [-0.15, -0.1) is 0 Å². The number of nitrogens with zero attached hydrogens (tertiary/aromatic N) is 2. The maximum Gasteiger partial charge on any atom is 0.338 e. The van der Waals surface area contributed by atoms with Crippen LogP contribution in [-0.4, -0.2) is 34.3 Å². The number of benzene rings is 1. The number of ether oxygens (including phenoxy) is 1. The molecule has 1 aromatic carbocycles. The van der Waals surface area contributed by atoms with Crippen molar-refractivity contribution in [1.82, 2.24) is 4.90 Å². The zero-order valence-corrected chi connectivity index (χ0v) is 16.4. The maximum atomic E-state index is 12.7. The molecule has 0 aromatic heterocycles. The molecule has 1 saturated heterocycles. The molecule has 0 saturated carbocycles. The maximum absolute atomic E-state index is 12.7. The van der Waals surface area contributed by atoms with Crippen LogP contribution in [0.1, 0.15) is 57.2 Å². The van der Waals surface area contributed by atoms with E-state index in [2.05, 4.69) is 31.0 Å². The molecule has 0 N–H and O–H groups in total. The van der Waals surface area contributed by atoms with E-state index in [1.165, 1.54) is 5.56 Å². The topological polar surface area (TPSA) is 59.0 Å². The van der Waals surface area contributed by atoms with E-state index in [-0.39, 0.29) is 12.5 Å². The lowest BCUT2D eigenvalue weighted by molar-refractivity contribution is -0.139. The first-order valence-corrected chi connectivity index (χ1v) is 9.93. The number of amides is 1. The fourth-order valence-electron chi connectivity index (χ4n) is 3.24. The van der Waals surface area contributed by atoms with E-state index in [0.717, 1.165) is 11.3 Å². The summed E-state index contributed by atoms with van der Waals surface area (Å²) in [6.07, 6.45) is 0.444. The van der Waals surface area contributed by atoms with Crippen LogP contribution in [0.3, 0.4) is 0 Å². The van der Waals surface area contributed by atoms with Crippen molar-refractivity contribution in [1.29, 1.82) is 0 Å². The fourth-order valence-corrected chi connectivity index (χ4v) is 4.25. The lowest BCUT2D eigenvalue weighted by Gasteiger charge is -2.39. The molecule has 138 valence electrons. The molecule has 1 atom stereocenters. The highest BCUT2D eigenvalue weighted by atomic mass is 32.2. The smallest absolute Gasteiger partial charge is 0.338 e. The molecular weight excluding hydrogens is 348 g/mol. The molecule has 5 nitrogen and oxygen atoms in total. The second-order valence-electron chi connectivity index (χ2n) is 6.70. The number of carbonyl (C=O) groups is 2. The summed E-state index contributed by atoms with van der Waals surface area (Å²) in [6, 6.07) is 7.64. The van der Waals surface area contributed by atoms with Gasteiger partial charge in [-0.05, 0) is 30.9 Å². The summed E-state index contributed by atoms with van der Waals surface area (Å²) in [4.78, 5) is 31.5. The zero-order chi connectivity index (χ0) is 18.8. The van der Waals surface area contributed by atoms with Crippen molar-refractivity contribution in [2.24, 2.45) is 4.99 Å². The predicted octanol–water partition coefficient (Wildman–Crippen LogP) is 4.02. The largest absolute Gasteiger partial charge is 0.463 e. The van der Waals surface area contributed by atoms with Crippen molar-refractivity contribution in [3.63, 3.8) is 0 Å². The Labute approximate surface area is 158 Å². The minimum Gasteiger partial charge on any atom is -0.463 e. The molecule has 1 aromatic rings. The lowest BCUT2D eigenvalue weighted by atomic mass is 9.92. The summed E-state index contributed by atoms with van der Waals surface area (Å²) >= 11 is 1.56. The molecule has 1 fully saturated rings. The number of fused-ring (bicyclic) bond motifs is 1. The second kappa shape index (κ2) is 7.66. The lowest BCUT2D eigenvalue weighted by Crippen LogP contribution is -2.45. The number of aliphatic imine (C=N–C) groups is 1. The van der Waals surface area contributed by atoms with E-state index < -0.39 is 12.0 Å². The van der Waals surface area contributed by atoms with Crippen molar-refractivity contribution in [3.8, 4) is 0 Å². The molecule has 2 heterocycles. The third-order valence-electron chi connectivity index (χ3n) is 4.62. The van der Waals surface area contributed by atoms with Gasteiger partial charge in [-0.25, -0.2) is 9.79 Å². The van der Waals surface area contributed by atoms with E-state index in [1.54, 1.807) is 23.6 Å². The molecule has 0 spiro atoms. The Morgan fingerprint density at radius 2 is 2.04 bits per heavy atom. The number of hydrogen-bond acceptors (Lipinski definition) is 5. The van der Waals surface area contributed by atoms with Crippen molar-refractivity contribution < 1.29 is 14.3 Å². The van der Waals surface area contributed by atoms with E-state index in [4.69, 9.17) is 4.74 Å². The van der Waals surface area contributed by atoms with Crippen molar-refractivity contribution in [2.75, 3.05) is 12.4 Å². The van der Waals surface area contributed by atoms with Crippen LogP contribution in [0.25, 0.3) is 0 Å². The van der Waals surface area contributed by atoms with Crippen LogP contribution in [-0.2, 0) is 14.3 Å². The molecule has 0 radical (unpaired) electrons. The highest BCUT2D eigenvalue weighted by Crippen LogP contribution is 2.40. The average molecular weight is 372 g/mol. The highest BCUT2D eigenvalue weighted by Gasteiger charge is 2.41. The summed E-state index contributed by atoms with van der Waals surface area (Å²) < 4.78 is 5.27. The number of allylic oxidation sites excluding steroid dienone is 1. The van der Waals surface area contributed by atoms with Gasteiger partial charge in [0.15, 0.2) is 5.17 Å². The Morgan fingerprint density at radius 1 is 1.35 bits per heavy atom. The second-order valence-corrected chi connectivity index (χ2v) is 7.76. The highest BCUT2D eigenvalue weighted by molar-refractivity contribution is 8.14. The molecule has 0 aliphatic carbocycles. The standard InChI is InChI=1S/C20H24N2O3S/c1-5-25-19(24)17-13(4)21-20-22(16(23)10-11-26-20)18(17)15-8-6-14(7-9-15)12(2)3/h6-9,12,18H,5,10-11H2,1-4H3/t18-/m1/s1. The third-order valence-corrected chi connectivity index (χ3v) is 5.58. The number of rotatable bonds is 4. The van der Waals surface area contributed by atoms with Crippen LogP contribution >= 0.6 is 11.8 Å². The molecule has 26 heavy (non-hydrogen) atoms. The minimum atomic E-state index is -0.483. The average Bonchev–Trinajstić information content (AvgIpc) is 2.61. The van der Waals surface area contributed by atoms with E-state index in [0.29, 0.717) is 28.8 Å². The molecule has 2 aliphatic rings. The van der Waals surface area contributed by atoms with Gasteiger partial charge in [0.05, 0.1) is 23.9 Å². The van der Waals surface area contributed by atoms with Gasteiger partial charge in [0.25, 0.3) is 0 Å². The zero-order valence-electron chi connectivity index (χ0n) is 15.6. The predicted molar refractivity (Wildman–Crippen MR) is 104 cm³/mol. The number of thioether (sulfide) groups is 1. The van der Waals surface area contributed by atoms with E-state index in [9.17, 15) is 9.59 Å². The molecule has 2 aliphatic heterocycles. The van der Waals surface area contributed by atoms with Crippen LogP contribution in [0.15, 0.2) is 40.5 Å². The minimum absolute atomic E-state index is 0.00488. The van der Waals surface area contributed by atoms with Gasteiger partial charge in [-0.2, -0.15) is 0 Å². The summed E-state index contributed by atoms with van der Waals surface area (Å²) in [5.41, 5.74) is 3.19. The monoisotopic (exact) mass is 372 g/mol. The van der Waals surface area contributed by atoms with Gasteiger partial charge in [-0.1, -0.05) is 49.9 Å². The molecular formula is C20H24N2O3S. The van der Waals surface area contributed by atoms with Gasteiger partial charge >= 0.3 is 5.97 Å². The normalized spacial score (nSPS) is 20.2. The molecule has 1 amide bonds. The van der Waals surface area contributed by atoms with Crippen molar-refractivity contribution >= 4 is 28.8 Å². The number of amidine groups is 1. The van der Waals surface area contributed by atoms with E-state index in [1.807, 2.05) is 19.1 Å². The van der Waals surface area contributed by atoms with Gasteiger partial charge in [0, 0.05) is 12.2 Å². The molecule has 6 heteroatoms. The summed E-state index contributed by atoms with van der Waals surface area (Å²) in [7, 11) is 0. The van der Waals surface area contributed by atoms with Crippen LogP contribution < -0.4 is 0 Å². The van der Waals surface area contributed by atoms with E-state index >= 15 is 0 Å². The van der Waals surface area contributed by atoms with Crippen molar-refractivity contribution in [3.05, 3.63) is 46.7 Å². The SMILES string of the molecule is CCOC(=O)C1=C(C)N=C2SCCC(=O)N2[C@@H]1c1ccc(C(C)C)cc1. The van der Waals surface area contributed by atoms with Crippen LogP contribution in [0.5, 0.6) is 0 Å². The van der Waals surface area contributed by atoms with Gasteiger partial charge in [-0.3, -0.25) is 9.69 Å². The Hall–Kier alpha value is -2.08. The number of hydrogen-bond donors (Lipinski definition) is 0. The van der Waals surface area contributed by atoms with Crippen molar-refractivity contribution in [2.45, 2.75) is 46.1 Å².